The molecule has 2 fully saturated rings. The van der Waals surface area contributed by atoms with Gasteiger partial charge in [-0.3, -0.25) is 18.9 Å². The Hall–Kier alpha value is -2.71. The van der Waals surface area contributed by atoms with Crippen molar-refractivity contribution >= 4 is 5.78 Å². The van der Waals surface area contributed by atoms with Crippen molar-refractivity contribution in [1.82, 2.24) is 29.3 Å². The molecule has 2 aliphatic rings. The number of rotatable bonds is 10. The van der Waals surface area contributed by atoms with Gasteiger partial charge in [-0.2, -0.15) is 10.1 Å². The van der Waals surface area contributed by atoms with Crippen molar-refractivity contribution in [3.8, 4) is 22.5 Å². The van der Waals surface area contributed by atoms with Gasteiger partial charge < -0.3 is 10.9 Å². The van der Waals surface area contributed by atoms with Gasteiger partial charge >= 0.3 is 57.1 Å². The Bertz CT molecular complexity index is 1890. The van der Waals surface area contributed by atoms with Gasteiger partial charge in [0.25, 0.3) is 5.56 Å². The van der Waals surface area contributed by atoms with Gasteiger partial charge in [0.1, 0.15) is 6.33 Å². The Labute approximate surface area is 310 Å². The molecule has 11 nitrogen and oxygen atoms in total. The van der Waals surface area contributed by atoms with Crippen molar-refractivity contribution in [3.05, 3.63) is 92.6 Å². The summed E-state index contributed by atoms with van der Waals surface area (Å²) in [4.78, 5) is 33.1. The number of hydrogen-bond acceptors (Lipinski definition) is 8. The number of hydrogen-bond donors (Lipinski definition) is 1. The van der Waals surface area contributed by atoms with E-state index in [-0.39, 0.29) is 76.6 Å². The monoisotopic (exact) mass is 650 g/mol. The van der Waals surface area contributed by atoms with Gasteiger partial charge in [0.05, 0.1) is 24.5 Å². The molecule has 0 amide bonds. The maximum Gasteiger partial charge on any atom is 1.00 e. The first-order valence-corrected chi connectivity index (χ1v) is 16.0. The minimum atomic E-state index is -0.594. The van der Waals surface area contributed by atoms with E-state index >= 15 is 0 Å². The number of ether oxygens (including phenoxy) is 2. The number of H-pyrrole nitrogens is 1. The summed E-state index contributed by atoms with van der Waals surface area (Å²) in [6.07, 6.45) is 9.78. The smallest absolute Gasteiger partial charge is 1.00 e. The van der Waals surface area contributed by atoms with Crippen molar-refractivity contribution in [1.29, 1.82) is 0 Å². The molecule has 0 spiro atoms. The molecule has 0 bridgehead atoms. The second-order valence-corrected chi connectivity index (χ2v) is 12.1. The quantitative estimate of drug-likeness (QED) is 0.228. The van der Waals surface area contributed by atoms with Crippen LogP contribution in [0.2, 0.25) is 0 Å². The Balaban J connectivity index is 0.00000217. The summed E-state index contributed by atoms with van der Waals surface area (Å²) in [5.74, 6) is 0.409. The van der Waals surface area contributed by atoms with Crippen LogP contribution in [0.1, 0.15) is 76.2 Å². The topological polar surface area (TPSA) is 130 Å². The van der Waals surface area contributed by atoms with Crippen molar-refractivity contribution in [2.45, 2.75) is 83.0 Å². The van der Waals surface area contributed by atoms with Crippen LogP contribution in [-0.4, -0.2) is 54.7 Å². The number of nitrogens with one attached hydrogen (secondary N) is 1. The second-order valence-electron chi connectivity index (χ2n) is 12.1. The van der Waals surface area contributed by atoms with Crippen molar-refractivity contribution < 1.29 is 66.8 Å². The number of benzene rings is 2. The first-order valence-electron chi connectivity index (χ1n) is 16.0. The molecule has 236 valence electrons. The maximum absolute atomic E-state index is 14.3. The van der Waals surface area contributed by atoms with E-state index in [1.807, 2.05) is 45.5 Å². The molecule has 1 N–H and O–H groups in total. The van der Waals surface area contributed by atoms with Crippen LogP contribution in [-0.2, 0) is 22.3 Å². The summed E-state index contributed by atoms with van der Waals surface area (Å²) in [6.45, 7) is 3.60. The van der Waals surface area contributed by atoms with Crippen LogP contribution in [0, 0.1) is 0 Å². The van der Waals surface area contributed by atoms with Crippen molar-refractivity contribution in [2.75, 3.05) is 13.2 Å². The molecule has 3 aromatic heterocycles. The van der Waals surface area contributed by atoms with E-state index in [0.29, 0.717) is 24.6 Å². The molecule has 1 aliphatic heterocycles. The fourth-order valence-electron chi connectivity index (χ4n) is 6.86. The Morgan fingerprint density at radius 2 is 1.80 bits per heavy atom. The average molecular weight is 651 g/mol. The molecule has 5 aromatic rings. The minimum absolute atomic E-state index is 0. The minimum Gasteiger partial charge on any atom is -1.00 e. The molecule has 1 unspecified atom stereocenters. The zero-order valence-corrected chi connectivity index (χ0v) is 29.6. The first-order chi connectivity index (χ1) is 22.1. The normalized spacial score (nSPS) is 19.8. The molecule has 7 rings (SSSR count). The van der Waals surface area contributed by atoms with E-state index in [9.17, 15) is 9.59 Å². The van der Waals surface area contributed by atoms with Crippen LogP contribution in [0.4, 0.5) is 0 Å². The average Bonchev–Trinajstić information content (AvgIpc) is 3.86. The molecule has 1 saturated carbocycles. The van der Waals surface area contributed by atoms with Crippen molar-refractivity contribution in [2.24, 2.45) is 0 Å². The van der Waals surface area contributed by atoms with Gasteiger partial charge in [-0.05, 0) is 61.6 Å². The fourth-order valence-corrected chi connectivity index (χ4v) is 6.86. The van der Waals surface area contributed by atoms with Crippen LogP contribution in [0.5, 0.6) is 0 Å². The summed E-state index contributed by atoms with van der Waals surface area (Å²) in [7, 11) is 0. The predicted molar refractivity (Wildman–Crippen MR) is 169 cm³/mol. The van der Waals surface area contributed by atoms with E-state index < -0.39 is 5.76 Å². The van der Waals surface area contributed by atoms with Gasteiger partial charge in [0.15, 0.2) is 5.82 Å². The SMILES string of the molecule is CCCc1c(Cc2ccc(-c3ccccc3-c3noc(=O)[nH]3)cc2)c(=O)n(C2CCC(OCC3CCCO3)CC2)c2ncnn12.[H-].[K+]. The fraction of sp³-hybridized carbons (Fsp3) is 0.441. The van der Waals surface area contributed by atoms with Crippen molar-refractivity contribution in [3.63, 3.8) is 0 Å². The third-order valence-corrected chi connectivity index (χ3v) is 9.13. The zero-order chi connectivity index (χ0) is 30.8. The van der Waals surface area contributed by atoms with Crippen LogP contribution in [0.25, 0.3) is 28.3 Å². The van der Waals surface area contributed by atoms with Gasteiger partial charge in [-0.15, -0.1) is 0 Å². The summed E-state index contributed by atoms with van der Waals surface area (Å²) in [5.41, 5.74) is 5.39. The summed E-state index contributed by atoms with van der Waals surface area (Å²) < 4.78 is 20.4. The van der Waals surface area contributed by atoms with Gasteiger partial charge in [0.2, 0.25) is 5.78 Å². The van der Waals surface area contributed by atoms with Crippen LogP contribution >= 0.6 is 0 Å². The molecule has 4 heterocycles. The third kappa shape index (κ3) is 6.94. The number of nitrogens with zero attached hydrogens (tertiary/aromatic N) is 5. The molecule has 0 radical (unpaired) electrons. The van der Waals surface area contributed by atoms with E-state index in [4.69, 9.17) is 14.0 Å². The van der Waals surface area contributed by atoms with Crippen LogP contribution in [0.3, 0.4) is 0 Å². The Kier molecular flexibility index (Phi) is 10.8. The standard InChI is InChI=1S/C34H38N6O5.K.H/c1-2-6-30-29(19-22-10-12-23(13-11-22)27-8-3-4-9-28(27)31-37-34(42)45-38-31)32(41)39(33-35-21-36-40(30)33)24-14-16-25(17-15-24)44-20-26-7-5-18-43-26;;/h3-4,8-13,21,24-26H,2,5-7,14-20H2,1H3,(H,37,38,42);;/q;+1;-1. The molecular formula is C34H39KN6O5. The molecule has 1 saturated heterocycles. The van der Waals surface area contributed by atoms with Gasteiger partial charge in [-0.1, -0.05) is 67.0 Å². The predicted octanol–water partition coefficient (Wildman–Crippen LogP) is 2.24. The first kappa shape index (κ1) is 33.2. The third-order valence-electron chi connectivity index (χ3n) is 9.13. The Morgan fingerprint density at radius 3 is 2.50 bits per heavy atom. The number of aryl methyl sites for hydroxylation is 1. The van der Waals surface area contributed by atoms with Gasteiger partial charge in [-0.25, -0.2) is 9.31 Å². The van der Waals surface area contributed by atoms with E-state index in [0.717, 1.165) is 91.5 Å². The zero-order valence-electron chi connectivity index (χ0n) is 27.5. The maximum atomic E-state index is 14.3. The van der Waals surface area contributed by atoms with Crippen LogP contribution < -0.4 is 62.7 Å². The molecular weight excluding hydrogens is 612 g/mol. The summed E-state index contributed by atoms with van der Waals surface area (Å²) in [6, 6.07) is 15.9. The second kappa shape index (κ2) is 15.0. The molecule has 2 aromatic carbocycles. The van der Waals surface area contributed by atoms with E-state index in [1.165, 1.54) is 0 Å². The summed E-state index contributed by atoms with van der Waals surface area (Å²) in [5, 5.41) is 8.46. The van der Waals surface area contributed by atoms with E-state index in [2.05, 4.69) is 39.3 Å². The largest absolute Gasteiger partial charge is 1.00 e. The van der Waals surface area contributed by atoms with E-state index in [1.54, 1.807) is 6.33 Å². The number of aromatic nitrogens is 6. The van der Waals surface area contributed by atoms with Gasteiger partial charge in [0, 0.05) is 30.2 Å². The molecule has 1 atom stereocenters. The Morgan fingerprint density at radius 1 is 1.02 bits per heavy atom. The number of aromatic amines is 1. The molecule has 1 aliphatic carbocycles. The molecule has 12 heteroatoms. The number of fused-ring (bicyclic) bond motifs is 1. The summed E-state index contributed by atoms with van der Waals surface area (Å²) >= 11 is 0. The van der Waals surface area contributed by atoms with Crippen LogP contribution in [0.15, 0.2) is 69.0 Å². The molecule has 46 heavy (non-hydrogen) atoms.